The molecule has 0 unspecified atom stereocenters. The molecule has 3 heteroatoms. The summed E-state index contributed by atoms with van der Waals surface area (Å²) in [6, 6.07) is 20.3. The van der Waals surface area contributed by atoms with Crippen LogP contribution in [-0.4, -0.2) is 31.5 Å². The molecule has 128 valence electrons. The lowest BCUT2D eigenvalue weighted by Crippen LogP contribution is -2.44. The van der Waals surface area contributed by atoms with Crippen molar-refractivity contribution in [1.82, 2.24) is 4.90 Å². The van der Waals surface area contributed by atoms with Gasteiger partial charge >= 0.3 is 5.97 Å². The average Bonchev–Trinajstić information content (AvgIpc) is 2.55. The van der Waals surface area contributed by atoms with E-state index in [1.165, 1.54) is 6.92 Å². The van der Waals surface area contributed by atoms with Crippen molar-refractivity contribution < 1.29 is 9.53 Å². The van der Waals surface area contributed by atoms with E-state index in [0.29, 0.717) is 6.42 Å². The van der Waals surface area contributed by atoms with Crippen LogP contribution in [-0.2, 0) is 21.6 Å². The quantitative estimate of drug-likeness (QED) is 0.724. The molecule has 0 saturated heterocycles. The van der Waals surface area contributed by atoms with Crippen molar-refractivity contribution in [2.75, 3.05) is 20.6 Å². The lowest BCUT2D eigenvalue weighted by atomic mass is 9.77. The summed E-state index contributed by atoms with van der Waals surface area (Å²) in [5, 5.41) is 0. The Morgan fingerprint density at radius 3 is 2.08 bits per heavy atom. The Hall–Kier alpha value is -2.13. The maximum Gasteiger partial charge on any atom is 0.303 e. The van der Waals surface area contributed by atoms with Gasteiger partial charge in [-0.25, -0.2) is 0 Å². The smallest absolute Gasteiger partial charge is 0.303 e. The third kappa shape index (κ3) is 4.45. The van der Waals surface area contributed by atoms with Crippen LogP contribution in [0.5, 0.6) is 0 Å². The number of esters is 1. The number of nitrogens with zero attached hydrogens (tertiary/aromatic N) is 1. The van der Waals surface area contributed by atoms with E-state index in [0.717, 1.165) is 17.7 Å². The van der Waals surface area contributed by atoms with E-state index in [1.54, 1.807) is 0 Å². The van der Waals surface area contributed by atoms with Crippen LogP contribution in [0.4, 0.5) is 0 Å². The van der Waals surface area contributed by atoms with Crippen LogP contribution in [0, 0.1) is 5.92 Å². The SMILES string of the molecule is CC(=O)O[C@](Cc1ccccc1)(c1ccccc1)[C@H](C)CN(C)C. The Bertz CT molecular complexity index is 639. The van der Waals surface area contributed by atoms with Crippen LogP contribution in [0.3, 0.4) is 0 Å². The van der Waals surface area contributed by atoms with Gasteiger partial charge in [0, 0.05) is 25.8 Å². The highest BCUT2D eigenvalue weighted by molar-refractivity contribution is 5.67. The monoisotopic (exact) mass is 325 g/mol. The van der Waals surface area contributed by atoms with Crippen LogP contribution in [0.25, 0.3) is 0 Å². The molecule has 0 aliphatic rings. The van der Waals surface area contributed by atoms with Crippen LogP contribution < -0.4 is 0 Å². The molecule has 0 N–H and O–H groups in total. The van der Waals surface area contributed by atoms with E-state index in [-0.39, 0.29) is 11.9 Å². The Balaban J connectivity index is 2.52. The maximum atomic E-state index is 12.0. The number of ether oxygens (including phenoxy) is 1. The summed E-state index contributed by atoms with van der Waals surface area (Å²) in [6.45, 7) is 4.47. The second-order valence-corrected chi connectivity index (χ2v) is 6.67. The minimum atomic E-state index is -0.682. The fourth-order valence-electron chi connectivity index (χ4n) is 3.33. The lowest BCUT2D eigenvalue weighted by molar-refractivity contribution is -0.165. The zero-order valence-electron chi connectivity index (χ0n) is 15.0. The number of rotatable bonds is 7. The summed E-state index contributed by atoms with van der Waals surface area (Å²) in [7, 11) is 4.09. The molecule has 0 saturated carbocycles. The summed E-state index contributed by atoms with van der Waals surface area (Å²) in [4.78, 5) is 14.1. The lowest BCUT2D eigenvalue weighted by Gasteiger charge is -2.40. The highest BCUT2D eigenvalue weighted by atomic mass is 16.6. The molecule has 3 nitrogen and oxygen atoms in total. The van der Waals surface area contributed by atoms with E-state index < -0.39 is 5.60 Å². The highest BCUT2D eigenvalue weighted by Gasteiger charge is 2.41. The van der Waals surface area contributed by atoms with Crippen LogP contribution in [0.2, 0.25) is 0 Å². The first-order valence-electron chi connectivity index (χ1n) is 8.38. The highest BCUT2D eigenvalue weighted by Crippen LogP contribution is 2.38. The van der Waals surface area contributed by atoms with E-state index in [2.05, 4.69) is 36.1 Å². The van der Waals surface area contributed by atoms with Gasteiger partial charge in [-0.2, -0.15) is 0 Å². The first-order valence-corrected chi connectivity index (χ1v) is 8.38. The molecule has 0 amide bonds. The first-order chi connectivity index (χ1) is 11.4. The van der Waals surface area contributed by atoms with Gasteiger partial charge in [-0.15, -0.1) is 0 Å². The summed E-state index contributed by atoms with van der Waals surface area (Å²) in [5.74, 6) is -0.112. The molecule has 0 fully saturated rings. The molecule has 2 aromatic rings. The first kappa shape index (κ1) is 18.2. The third-order valence-corrected chi connectivity index (χ3v) is 4.33. The van der Waals surface area contributed by atoms with Gasteiger partial charge in [0.1, 0.15) is 5.60 Å². The van der Waals surface area contributed by atoms with E-state index in [4.69, 9.17) is 4.74 Å². The van der Waals surface area contributed by atoms with Gasteiger partial charge < -0.3 is 9.64 Å². The molecule has 0 spiro atoms. The molecule has 0 aromatic heterocycles. The fourth-order valence-corrected chi connectivity index (χ4v) is 3.33. The standard InChI is InChI=1S/C21H27NO2/c1-17(16-22(3)4)21(24-18(2)23,20-13-9-6-10-14-20)15-19-11-7-5-8-12-19/h5-14,17H,15-16H2,1-4H3/t17-,21+/m1/s1. The Labute approximate surface area is 145 Å². The number of carbonyl (C=O) groups is 1. The van der Waals surface area contributed by atoms with Gasteiger partial charge in [0.15, 0.2) is 0 Å². The van der Waals surface area contributed by atoms with Crippen molar-refractivity contribution in [3.63, 3.8) is 0 Å². The van der Waals surface area contributed by atoms with Gasteiger partial charge in [0.05, 0.1) is 0 Å². The number of carbonyl (C=O) groups excluding carboxylic acids is 1. The Kier molecular flexibility index (Phi) is 6.16. The van der Waals surface area contributed by atoms with Gasteiger partial charge in [0.2, 0.25) is 0 Å². The molecular formula is C21H27NO2. The van der Waals surface area contributed by atoms with E-state index in [9.17, 15) is 4.79 Å². The van der Waals surface area contributed by atoms with Crippen molar-refractivity contribution in [3.05, 3.63) is 71.8 Å². The largest absolute Gasteiger partial charge is 0.454 e. The summed E-state index contributed by atoms with van der Waals surface area (Å²) >= 11 is 0. The maximum absolute atomic E-state index is 12.0. The van der Waals surface area contributed by atoms with E-state index >= 15 is 0 Å². The van der Waals surface area contributed by atoms with Crippen LogP contribution in [0.15, 0.2) is 60.7 Å². The summed E-state index contributed by atoms with van der Waals surface area (Å²) in [5.41, 5.74) is 1.52. The predicted molar refractivity (Wildman–Crippen MR) is 97.8 cm³/mol. The van der Waals surface area contributed by atoms with Crippen molar-refractivity contribution in [2.24, 2.45) is 5.92 Å². The minimum absolute atomic E-state index is 0.138. The molecule has 2 aromatic carbocycles. The Morgan fingerprint density at radius 2 is 1.58 bits per heavy atom. The molecule has 0 aliphatic carbocycles. The normalized spacial score (nSPS) is 14.9. The molecule has 24 heavy (non-hydrogen) atoms. The molecular weight excluding hydrogens is 298 g/mol. The van der Waals surface area contributed by atoms with E-state index in [1.807, 2.05) is 50.5 Å². The summed E-state index contributed by atoms with van der Waals surface area (Å²) in [6.07, 6.45) is 0.659. The van der Waals surface area contributed by atoms with Crippen molar-refractivity contribution in [3.8, 4) is 0 Å². The van der Waals surface area contributed by atoms with Crippen molar-refractivity contribution in [2.45, 2.75) is 25.9 Å². The zero-order chi connectivity index (χ0) is 17.6. The van der Waals surface area contributed by atoms with Gasteiger partial charge in [-0.3, -0.25) is 4.79 Å². The molecule has 0 bridgehead atoms. The zero-order valence-corrected chi connectivity index (χ0v) is 15.0. The third-order valence-electron chi connectivity index (χ3n) is 4.33. The minimum Gasteiger partial charge on any atom is -0.454 e. The van der Waals surface area contributed by atoms with Crippen molar-refractivity contribution in [1.29, 1.82) is 0 Å². The van der Waals surface area contributed by atoms with Crippen LogP contribution in [0.1, 0.15) is 25.0 Å². The van der Waals surface area contributed by atoms with Gasteiger partial charge in [0.25, 0.3) is 0 Å². The number of benzene rings is 2. The Morgan fingerprint density at radius 1 is 1.04 bits per heavy atom. The average molecular weight is 325 g/mol. The molecule has 0 heterocycles. The van der Waals surface area contributed by atoms with Crippen LogP contribution >= 0.6 is 0 Å². The molecule has 2 atom stereocenters. The number of hydrogen-bond acceptors (Lipinski definition) is 3. The number of hydrogen-bond donors (Lipinski definition) is 0. The van der Waals surface area contributed by atoms with Gasteiger partial charge in [-0.1, -0.05) is 67.6 Å². The summed E-state index contributed by atoms with van der Waals surface area (Å²) < 4.78 is 6.03. The molecule has 2 rings (SSSR count). The molecule has 0 aliphatic heterocycles. The molecule has 0 radical (unpaired) electrons. The van der Waals surface area contributed by atoms with Gasteiger partial charge in [-0.05, 0) is 25.2 Å². The van der Waals surface area contributed by atoms with Crippen molar-refractivity contribution >= 4 is 5.97 Å². The fraction of sp³-hybridized carbons (Fsp3) is 0.381. The predicted octanol–water partition coefficient (Wildman–Crippen LogP) is 3.89. The second kappa shape index (κ2) is 8.11. The second-order valence-electron chi connectivity index (χ2n) is 6.67. The topological polar surface area (TPSA) is 29.5 Å².